The molecule has 2 aromatic carbocycles. The van der Waals surface area contributed by atoms with E-state index in [1.54, 1.807) is 50.4 Å². The van der Waals surface area contributed by atoms with Crippen molar-refractivity contribution in [2.24, 2.45) is 4.99 Å². The molecule has 9 heteroatoms. The monoisotopic (exact) mass is 445 g/mol. The highest BCUT2D eigenvalue weighted by atomic mass is 35.5. The largest absolute Gasteiger partial charge is 0.497 e. The lowest BCUT2D eigenvalue weighted by molar-refractivity contribution is -0.145. The molecule has 0 atom stereocenters. The van der Waals surface area contributed by atoms with E-state index in [1.807, 2.05) is 0 Å². The van der Waals surface area contributed by atoms with E-state index in [0.29, 0.717) is 16.9 Å². The Balaban J connectivity index is 1.86. The van der Waals surface area contributed by atoms with E-state index in [9.17, 15) is 9.59 Å². The summed E-state index contributed by atoms with van der Waals surface area (Å²) in [5.41, 5.74) is 1.23. The average molecular weight is 446 g/mol. The first-order valence-electron chi connectivity index (χ1n) is 9.28. The smallest absolute Gasteiger partial charge is 0.363 e. The molecular formula is C22H20ClNO7. The molecule has 0 unspecified atom stereocenters. The molecule has 8 nitrogen and oxygen atoms in total. The van der Waals surface area contributed by atoms with Gasteiger partial charge in [-0.1, -0.05) is 17.7 Å². The zero-order valence-electron chi connectivity index (χ0n) is 17.1. The Morgan fingerprint density at radius 2 is 2.00 bits per heavy atom. The second-order valence-corrected chi connectivity index (χ2v) is 6.60. The number of methoxy groups -OCH3 is 2. The van der Waals surface area contributed by atoms with Crippen LogP contribution in [0.15, 0.2) is 47.1 Å². The number of cyclic esters (lactones) is 1. The summed E-state index contributed by atoms with van der Waals surface area (Å²) in [6.45, 7) is 1.63. The number of carbonyl (C=O) groups excluding carboxylic acids is 2. The van der Waals surface area contributed by atoms with Crippen LogP contribution in [0.2, 0.25) is 5.02 Å². The third-order valence-corrected chi connectivity index (χ3v) is 4.41. The number of hydrogen-bond acceptors (Lipinski definition) is 8. The van der Waals surface area contributed by atoms with E-state index in [2.05, 4.69) is 4.99 Å². The minimum absolute atomic E-state index is 0.0936. The highest BCUT2D eigenvalue weighted by Crippen LogP contribution is 2.37. The van der Waals surface area contributed by atoms with Gasteiger partial charge in [-0.25, -0.2) is 14.6 Å². The summed E-state index contributed by atoms with van der Waals surface area (Å²) in [4.78, 5) is 28.1. The minimum atomic E-state index is -0.601. The van der Waals surface area contributed by atoms with Gasteiger partial charge < -0.3 is 23.7 Å². The van der Waals surface area contributed by atoms with E-state index >= 15 is 0 Å². The number of rotatable bonds is 8. The molecule has 0 radical (unpaired) electrons. The van der Waals surface area contributed by atoms with Crippen LogP contribution in [0.5, 0.6) is 17.2 Å². The van der Waals surface area contributed by atoms with E-state index in [4.69, 9.17) is 35.3 Å². The number of ether oxygens (including phenoxy) is 5. The zero-order valence-corrected chi connectivity index (χ0v) is 17.9. The number of carbonyl (C=O) groups is 2. The Bertz CT molecular complexity index is 1060. The van der Waals surface area contributed by atoms with Crippen LogP contribution in [0.1, 0.15) is 18.1 Å². The highest BCUT2D eigenvalue weighted by Gasteiger charge is 2.25. The highest BCUT2D eigenvalue weighted by molar-refractivity contribution is 6.32. The van der Waals surface area contributed by atoms with E-state index in [1.165, 1.54) is 13.2 Å². The maximum Gasteiger partial charge on any atom is 0.363 e. The maximum atomic E-state index is 12.3. The van der Waals surface area contributed by atoms with Crippen LogP contribution in [0.25, 0.3) is 6.08 Å². The lowest BCUT2D eigenvalue weighted by Gasteiger charge is -2.12. The van der Waals surface area contributed by atoms with Gasteiger partial charge in [-0.3, -0.25) is 0 Å². The van der Waals surface area contributed by atoms with Gasteiger partial charge in [-0.2, -0.15) is 0 Å². The Morgan fingerprint density at radius 3 is 2.71 bits per heavy atom. The normalized spacial score (nSPS) is 14.1. The van der Waals surface area contributed by atoms with Gasteiger partial charge in [0.05, 0.1) is 25.8 Å². The fourth-order valence-corrected chi connectivity index (χ4v) is 3.02. The fraction of sp³-hybridized carbons (Fsp3) is 0.227. The lowest BCUT2D eigenvalue weighted by Crippen LogP contribution is -2.15. The quantitative estimate of drug-likeness (QED) is 0.452. The topological polar surface area (TPSA) is 92.7 Å². The summed E-state index contributed by atoms with van der Waals surface area (Å²) in [7, 11) is 2.98. The van der Waals surface area contributed by atoms with Crippen LogP contribution in [-0.2, 0) is 19.1 Å². The maximum absolute atomic E-state index is 12.3. The third kappa shape index (κ3) is 5.35. The van der Waals surface area contributed by atoms with Crippen molar-refractivity contribution in [3.8, 4) is 17.2 Å². The van der Waals surface area contributed by atoms with Crippen LogP contribution >= 0.6 is 11.6 Å². The molecule has 162 valence electrons. The molecule has 1 aliphatic rings. The molecule has 0 fully saturated rings. The first kappa shape index (κ1) is 22.2. The average Bonchev–Trinajstić information content (AvgIpc) is 3.13. The van der Waals surface area contributed by atoms with Gasteiger partial charge in [0.2, 0.25) is 5.90 Å². The number of benzene rings is 2. The molecular weight excluding hydrogens is 426 g/mol. The summed E-state index contributed by atoms with van der Waals surface area (Å²) in [5.74, 6) is 0.127. The molecule has 0 saturated carbocycles. The van der Waals surface area contributed by atoms with Gasteiger partial charge >= 0.3 is 11.9 Å². The van der Waals surface area contributed by atoms with Gasteiger partial charge in [0.15, 0.2) is 23.8 Å². The van der Waals surface area contributed by atoms with Gasteiger partial charge in [0, 0.05) is 5.56 Å². The Hall–Kier alpha value is -3.52. The first-order valence-corrected chi connectivity index (χ1v) is 9.66. The number of aliphatic imine (C=N–C) groups is 1. The number of esters is 2. The summed E-state index contributed by atoms with van der Waals surface area (Å²) >= 11 is 6.30. The van der Waals surface area contributed by atoms with Crippen LogP contribution in [0.4, 0.5) is 0 Å². The molecule has 0 N–H and O–H groups in total. The summed E-state index contributed by atoms with van der Waals surface area (Å²) in [5, 5.41) is 0.193. The van der Waals surface area contributed by atoms with Gasteiger partial charge in [-0.05, 0) is 48.9 Å². The summed E-state index contributed by atoms with van der Waals surface area (Å²) in [6.07, 6.45) is 1.51. The number of nitrogens with zero attached hydrogens (tertiary/aromatic N) is 1. The van der Waals surface area contributed by atoms with Crippen molar-refractivity contribution in [2.75, 3.05) is 27.4 Å². The standard InChI is InChI=1S/C22H20ClNO7/c1-4-29-19(25)12-30-20-16(23)8-13(10-18(20)28-3)9-17-22(26)31-21(24-17)14-6-5-7-15(11-14)27-2/h5-11H,4,12H2,1-3H3/b17-9+. The van der Waals surface area contributed by atoms with Crippen molar-refractivity contribution in [2.45, 2.75) is 6.92 Å². The molecule has 0 amide bonds. The second kappa shape index (κ2) is 9.99. The van der Waals surface area contributed by atoms with E-state index in [0.717, 1.165) is 0 Å². The minimum Gasteiger partial charge on any atom is -0.497 e. The molecule has 0 bridgehead atoms. The lowest BCUT2D eigenvalue weighted by atomic mass is 10.1. The summed E-state index contributed by atoms with van der Waals surface area (Å²) < 4.78 is 26.0. The SMILES string of the molecule is CCOC(=O)COc1c(Cl)cc(/C=C2/N=C(c3cccc(OC)c3)OC2=O)cc1OC. The Labute approximate surface area is 184 Å². The Kier molecular flexibility index (Phi) is 7.15. The van der Waals surface area contributed by atoms with Crippen LogP contribution < -0.4 is 14.2 Å². The number of halogens is 1. The van der Waals surface area contributed by atoms with Crippen molar-refractivity contribution < 1.29 is 33.3 Å². The van der Waals surface area contributed by atoms with E-state index in [-0.39, 0.29) is 41.3 Å². The molecule has 0 aromatic heterocycles. The molecule has 1 heterocycles. The Morgan fingerprint density at radius 1 is 1.19 bits per heavy atom. The first-order chi connectivity index (χ1) is 14.9. The van der Waals surface area contributed by atoms with Gasteiger partial charge in [-0.15, -0.1) is 0 Å². The zero-order chi connectivity index (χ0) is 22.4. The predicted octanol–water partition coefficient (Wildman–Crippen LogP) is 3.64. The third-order valence-electron chi connectivity index (χ3n) is 4.13. The molecule has 0 saturated heterocycles. The summed E-state index contributed by atoms with van der Waals surface area (Å²) in [6, 6.07) is 10.2. The molecule has 1 aliphatic heterocycles. The van der Waals surface area contributed by atoms with Gasteiger partial charge in [0.1, 0.15) is 5.75 Å². The predicted molar refractivity (Wildman–Crippen MR) is 114 cm³/mol. The number of hydrogen-bond donors (Lipinski definition) is 0. The van der Waals surface area contributed by atoms with Crippen molar-refractivity contribution in [3.63, 3.8) is 0 Å². The van der Waals surface area contributed by atoms with Crippen LogP contribution in [-0.4, -0.2) is 45.3 Å². The molecule has 2 aromatic rings. The second-order valence-electron chi connectivity index (χ2n) is 6.20. The van der Waals surface area contributed by atoms with Crippen molar-refractivity contribution in [1.82, 2.24) is 0 Å². The van der Waals surface area contributed by atoms with Crippen molar-refractivity contribution >= 4 is 35.5 Å². The molecule has 0 spiro atoms. The van der Waals surface area contributed by atoms with Crippen molar-refractivity contribution in [1.29, 1.82) is 0 Å². The van der Waals surface area contributed by atoms with E-state index < -0.39 is 11.9 Å². The molecule has 0 aliphatic carbocycles. The fourth-order valence-electron chi connectivity index (χ4n) is 2.74. The van der Waals surface area contributed by atoms with Gasteiger partial charge in [0.25, 0.3) is 0 Å². The molecule has 3 rings (SSSR count). The van der Waals surface area contributed by atoms with Crippen LogP contribution in [0, 0.1) is 0 Å². The van der Waals surface area contributed by atoms with Crippen LogP contribution in [0.3, 0.4) is 0 Å². The molecule has 31 heavy (non-hydrogen) atoms. The van der Waals surface area contributed by atoms with Crippen molar-refractivity contribution in [3.05, 3.63) is 58.2 Å².